The Bertz CT molecular complexity index is 414. The molecule has 0 aromatic carbocycles. The molecule has 5 aliphatic carbocycles. The van der Waals surface area contributed by atoms with Crippen LogP contribution in [-0.4, -0.2) is 0 Å². The first-order chi connectivity index (χ1) is 8.84. The third-order valence-electron chi connectivity index (χ3n) is 7.11. The van der Waals surface area contributed by atoms with Gasteiger partial charge in [-0.3, -0.25) is 0 Å². The van der Waals surface area contributed by atoms with Gasteiger partial charge in [0.05, 0.1) is 0 Å². The van der Waals surface area contributed by atoms with Gasteiger partial charge < -0.3 is 0 Å². The Hall–Kier alpha value is -0.260. The van der Waals surface area contributed by atoms with Gasteiger partial charge in [-0.1, -0.05) is 17.6 Å². The third kappa shape index (κ3) is 1.38. The monoisotopic (exact) mass is 242 g/mol. The van der Waals surface area contributed by atoms with E-state index in [1.54, 1.807) is 19.3 Å². The highest BCUT2D eigenvalue weighted by atomic mass is 14.7. The molecule has 5 aliphatic rings. The molecule has 0 bridgehead atoms. The summed E-state index contributed by atoms with van der Waals surface area (Å²) in [7, 11) is 0. The lowest BCUT2D eigenvalue weighted by atomic mass is 9.69. The van der Waals surface area contributed by atoms with Crippen molar-refractivity contribution in [3.63, 3.8) is 0 Å². The van der Waals surface area contributed by atoms with Crippen LogP contribution in [0, 0.1) is 41.4 Å². The molecule has 0 N–H and O–H groups in total. The van der Waals surface area contributed by atoms with E-state index in [2.05, 4.69) is 6.92 Å². The quantitative estimate of drug-likeness (QED) is 0.579. The molecule has 0 amide bonds. The summed E-state index contributed by atoms with van der Waals surface area (Å²) < 4.78 is 0. The van der Waals surface area contributed by atoms with E-state index < -0.39 is 0 Å². The van der Waals surface area contributed by atoms with Crippen molar-refractivity contribution in [3.8, 4) is 0 Å². The summed E-state index contributed by atoms with van der Waals surface area (Å²) in [6.45, 7) is 2.55. The first-order valence-electron chi connectivity index (χ1n) is 8.54. The minimum absolute atomic E-state index is 1.04. The first kappa shape index (κ1) is 10.5. The molecule has 0 spiro atoms. The molecule has 18 heavy (non-hydrogen) atoms. The number of allylic oxidation sites excluding steroid dienone is 2. The van der Waals surface area contributed by atoms with Crippen LogP contribution in [0.4, 0.5) is 0 Å². The van der Waals surface area contributed by atoms with Gasteiger partial charge in [0.1, 0.15) is 0 Å². The van der Waals surface area contributed by atoms with Gasteiger partial charge in [0, 0.05) is 0 Å². The van der Waals surface area contributed by atoms with E-state index in [9.17, 15) is 0 Å². The molecular weight excluding hydrogens is 216 g/mol. The van der Waals surface area contributed by atoms with Gasteiger partial charge in [-0.15, -0.1) is 0 Å². The average molecular weight is 242 g/mol. The number of hydrogen-bond acceptors (Lipinski definition) is 0. The Morgan fingerprint density at radius 1 is 0.778 bits per heavy atom. The highest BCUT2D eigenvalue weighted by Crippen LogP contribution is 2.72. The summed E-state index contributed by atoms with van der Waals surface area (Å²) in [5, 5.41) is 0. The van der Waals surface area contributed by atoms with E-state index in [0.717, 1.165) is 23.7 Å². The van der Waals surface area contributed by atoms with E-state index in [1.807, 2.05) is 11.1 Å². The second-order valence-electron chi connectivity index (χ2n) is 8.04. The average Bonchev–Trinajstić information content (AvgIpc) is 3.20. The van der Waals surface area contributed by atoms with Crippen molar-refractivity contribution >= 4 is 0 Å². The van der Waals surface area contributed by atoms with Crippen LogP contribution in [0.3, 0.4) is 0 Å². The van der Waals surface area contributed by atoms with Gasteiger partial charge in [0.15, 0.2) is 0 Å². The van der Waals surface area contributed by atoms with Gasteiger partial charge >= 0.3 is 0 Å². The number of hydrogen-bond donors (Lipinski definition) is 0. The maximum absolute atomic E-state index is 2.55. The van der Waals surface area contributed by atoms with Crippen LogP contribution in [0.1, 0.15) is 58.3 Å². The van der Waals surface area contributed by atoms with Gasteiger partial charge in [-0.2, -0.15) is 0 Å². The molecule has 0 nitrogen and oxygen atoms in total. The lowest BCUT2D eigenvalue weighted by molar-refractivity contribution is 0.213. The predicted molar refractivity (Wildman–Crippen MR) is 74.1 cm³/mol. The summed E-state index contributed by atoms with van der Waals surface area (Å²) in [5.74, 6) is 7.91. The van der Waals surface area contributed by atoms with E-state index in [-0.39, 0.29) is 0 Å². The molecule has 0 heteroatoms. The molecule has 0 aromatic rings. The largest absolute Gasteiger partial charge is 0.0702 e. The molecular formula is C18H26. The standard InChI is InChI=1S/C18H26/c1-10-12(11-6-7-11)4-2-3-5-13-14-8-15(14)16-9-17(16)18(10)13/h11,13-18H,2-9H2,1H3. The van der Waals surface area contributed by atoms with Gasteiger partial charge in [-0.05, 0) is 93.3 Å². The van der Waals surface area contributed by atoms with Crippen LogP contribution >= 0.6 is 0 Å². The molecule has 0 heterocycles. The third-order valence-corrected chi connectivity index (χ3v) is 7.11. The molecule has 5 rings (SSSR count). The van der Waals surface area contributed by atoms with Gasteiger partial charge in [-0.25, -0.2) is 0 Å². The minimum atomic E-state index is 1.04. The van der Waals surface area contributed by atoms with Crippen molar-refractivity contribution in [1.29, 1.82) is 0 Å². The van der Waals surface area contributed by atoms with Gasteiger partial charge in [0.2, 0.25) is 0 Å². The zero-order chi connectivity index (χ0) is 11.9. The lowest BCUT2D eigenvalue weighted by Crippen LogP contribution is -2.27. The van der Waals surface area contributed by atoms with E-state index in [0.29, 0.717) is 0 Å². The van der Waals surface area contributed by atoms with Crippen molar-refractivity contribution in [2.24, 2.45) is 41.4 Å². The van der Waals surface area contributed by atoms with Crippen molar-refractivity contribution in [3.05, 3.63) is 11.1 Å². The topological polar surface area (TPSA) is 0 Å². The Balaban J connectivity index is 1.55. The van der Waals surface area contributed by atoms with E-state index in [4.69, 9.17) is 0 Å². The van der Waals surface area contributed by atoms with Crippen LogP contribution in [0.15, 0.2) is 11.1 Å². The second kappa shape index (κ2) is 3.44. The number of rotatable bonds is 1. The van der Waals surface area contributed by atoms with Crippen molar-refractivity contribution < 1.29 is 0 Å². The fraction of sp³-hybridized carbons (Fsp3) is 0.889. The van der Waals surface area contributed by atoms with Crippen LogP contribution in [0.2, 0.25) is 0 Å². The van der Waals surface area contributed by atoms with Crippen molar-refractivity contribution in [2.45, 2.75) is 58.3 Å². The Labute approximate surface area is 111 Å². The zero-order valence-corrected chi connectivity index (χ0v) is 11.7. The Morgan fingerprint density at radius 2 is 1.50 bits per heavy atom. The summed E-state index contributed by atoms with van der Waals surface area (Å²) in [5.41, 5.74) is 3.87. The minimum Gasteiger partial charge on any atom is -0.0702 e. The predicted octanol–water partition coefficient (Wildman–Crippen LogP) is 4.81. The molecule has 98 valence electrons. The SMILES string of the molecule is CC1=C(C2CC2)CCCCC2C3CC3C3CC3C12. The first-order valence-corrected chi connectivity index (χ1v) is 8.54. The molecule has 4 fully saturated rings. The summed E-state index contributed by atoms with van der Waals surface area (Å²) in [6.07, 6.45) is 12.3. The summed E-state index contributed by atoms with van der Waals surface area (Å²) >= 11 is 0. The molecule has 0 radical (unpaired) electrons. The highest BCUT2D eigenvalue weighted by molar-refractivity contribution is 5.28. The van der Waals surface area contributed by atoms with Crippen molar-refractivity contribution in [2.75, 3.05) is 0 Å². The molecule has 0 aliphatic heterocycles. The second-order valence-corrected chi connectivity index (χ2v) is 8.04. The summed E-state index contributed by atoms with van der Waals surface area (Å²) in [6, 6.07) is 0. The summed E-state index contributed by atoms with van der Waals surface area (Å²) in [4.78, 5) is 0. The molecule has 4 saturated carbocycles. The van der Waals surface area contributed by atoms with E-state index in [1.165, 1.54) is 49.9 Å². The molecule has 6 unspecified atom stereocenters. The van der Waals surface area contributed by atoms with Gasteiger partial charge in [0.25, 0.3) is 0 Å². The highest BCUT2D eigenvalue weighted by Gasteiger charge is 2.65. The molecule has 0 saturated heterocycles. The smallest absolute Gasteiger partial charge is 0.0141 e. The van der Waals surface area contributed by atoms with Crippen LogP contribution in [0.25, 0.3) is 0 Å². The Morgan fingerprint density at radius 3 is 2.33 bits per heavy atom. The normalized spacial score (nSPS) is 53.8. The lowest BCUT2D eigenvalue weighted by Gasteiger charge is -2.35. The van der Waals surface area contributed by atoms with Crippen LogP contribution in [0.5, 0.6) is 0 Å². The maximum Gasteiger partial charge on any atom is -0.0141 e. The number of fused-ring (bicyclic) bond motifs is 6. The fourth-order valence-corrected chi connectivity index (χ4v) is 6.05. The van der Waals surface area contributed by atoms with E-state index >= 15 is 0 Å². The fourth-order valence-electron chi connectivity index (χ4n) is 6.05. The molecule has 0 aromatic heterocycles. The van der Waals surface area contributed by atoms with Crippen molar-refractivity contribution in [1.82, 2.24) is 0 Å². The Kier molecular flexibility index (Phi) is 2.01. The maximum atomic E-state index is 2.55. The van der Waals surface area contributed by atoms with Crippen LogP contribution in [-0.2, 0) is 0 Å². The zero-order valence-electron chi connectivity index (χ0n) is 11.7. The van der Waals surface area contributed by atoms with Crippen LogP contribution < -0.4 is 0 Å². The molecule has 6 atom stereocenters.